The zero-order valence-corrected chi connectivity index (χ0v) is 11.0. The molecule has 4 nitrogen and oxygen atoms in total. The molecule has 0 saturated carbocycles. The first-order chi connectivity index (χ1) is 8.40. The van der Waals surface area contributed by atoms with Gasteiger partial charge in [-0.3, -0.25) is 9.59 Å². The van der Waals surface area contributed by atoms with Crippen molar-refractivity contribution in [2.24, 2.45) is 0 Å². The lowest BCUT2D eigenvalue weighted by Crippen LogP contribution is -2.37. The van der Waals surface area contributed by atoms with Gasteiger partial charge in [0, 0.05) is 16.1 Å². The van der Waals surface area contributed by atoms with E-state index in [0.717, 1.165) is 0 Å². The average Bonchev–Trinajstić information content (AvgIpc) is 2.27. The third-order valence-electron chi connectivity index (χ3n) is 2.11. The van der Waals surface area contributed by atoms with Crippen molar-refractivity contribution < 1.29 is 14.7 Å². The second kappa shape index (κ2) is 6.42. The topological polar surface area (TPSA) is 66.4 Å². The summed E-state index contributed by atoms with van der Waals surface area (Å²) in [5, 5.41) is 11.8. The molecule has 1 aromatic rings. The Bertz CT molecular complexity index is 500. The normalized spacial score (nSPS) is 12.4. The second-order valence-corrected chi connectivity index (χ2v) is 4.41. The number of halogens is 2. The maximum Gasteiger partial charge on any atom is 0.325 e. The molecule has 0 radical (unpaired) electrons. The van der Waals surface area contributed by atoms with Gasteiger partial charge in [-0.1, -0.05) is 29.3 Å². The Balaban J connectivity index is 2.69. The van der Waals surface area contributed by atoms with Crippen LogP contribution in [0.25, 0.3) is 6.08 Å². The molecule has 0 aliphatic rings. The molecule has 0 aliphatic heterocycles. The fourth-order valence-corrected chi connectivity index (χ4v) is 1.60. The number of carbonyl (C=O) groups is 2. The van der Waals surface area contributed by atoms with Crippen molar-refractivity contribution >= 4 is 41.2 Å². The Labute approximate surface area is 114 Å². The van der Waals surface area contributed by atoms with Gasteiger partial charge in [0.05, 0.1) is 0 Å². The fourth-order valence-electron chi connectivity index (χ4n) is 1.13. The predicted octanol–water partition coefficient (Wildman–Crippen LogP) is 2.60. The van der Waals surface area contributed by atoms with E-state index in [1.807, 2.05) is 0 Å². The summed E-state index contributed by atoms with van der Waals surface area (Å²) < 4.78 is 0. The molecule has 1 amide bonds. The van der Waals surface area contributed by atoms with Crippen LogP contribution in [0.2, 0.25) is 10.0 Å². The molecule has 0 bridgehead atoms. The minimum atomic E-state index is -1.10. The van der Waals surface area contributed by atoms with E-state index in [9.17, 15) is 9.59 Å². The van der Waals surface area contributed by atoms with Crippen LogP contribution in [0.4, 0.5) is 0 Å². The summed E-state index contributed by atoms with van der Waals surface area (Å²) in [7, 11) is 0. The molecular weight excluding hydrogens is 277 g/mol. The van der Waals surface area contributed by atoms with Crippen molar-refractivity contribution in [2.45, 2.75) is 13.0 Å². The van der Waals surface area contributed by atoms with Crippen molar-refractivity contribution in [1.82, 2.24) is 5.32 Å². The van der Waals surface area contributed by atoms with Gasteiger partial charge in [-0.15, -0.1) is 0 Å². The Kier molecular flexibility index (Phi) is 5.19. The van der Waals surface area contributed by atoms with Gasteiger partial charge >= 0.3 is 5.97 Å². The highest BCUT2D eigenvalue weighted by Gasteiger charge is 2.11. The highest BCUT2D eigenvalue weighted by atomic mass is 35.5. The van der Waals surface area contributed by atoms with Gasteiger partial charge in [0.15, 0.2) is 0 Å². The third-order valence-corrected chi connectivity index (χ3v) is 2.67. The summed E-state index contributed by atoms with van der Waals surface area (Å²) in [6.07, 6.45) is 2.71. The van der Waals surface area contributed by atoms with Crippen LogP contribution in [0.15, 0.2) is 24.3 Å². The molecule has 0 saturated heterocycles. The lowest BCUT2D eigenvalue weighted by Gasteiger charge is -2.06. The smallest absolute Gasteiger partial charge is 0.325 e. The summed E-state index contributed by atoms with van der Waals surface area (Å²) in [6, 6.07) is 3.92. The summed E-state index contributed by atoms with van der Waals surface area (Å²) in [4.78, 5) is 21.9. The molecule has 0 spiro atoms. The maximum absolute atomic E-state index is 11.4. The van der Waals surface area contributed by atoms with E-state index in [-0.39, 0.29) is 0 Å². The van der Waals surface area contributed by atoms with Crippen LogP contribution in [0.3, 0.4) is 0 Å². The maximum atomic E-state index is 11.4. The molecule has 18 heavy (non-hydrogen) atoms. The highest BCUT2D eigenvalue weighted by molar-refractivity contribution is 6.35. The molecule has 2 N–H and O–H groups in total. The van der Waals surface area contributed by atoms with Crippen molar-refractivity contribution in [3.8, 4) is 0 Å². The molecule has 1 atom stereocenters. The van der Waals surface area contributed by atoms with Gasteiger partial charge in [-0.25, -0.2) is 0 Å². The Morgan fingerprint density at radius 1 is 1.39 bits per heavy atom. The van der Waals surface area contributed by atoms with E-state index in [0.29, 0.717) is 15.6 Å². The summed E-state index contributed by atoms with van der Waals surface area (Å²) in [5.41, 5.74) is 0.624. The molecule has 6 heteroatoms. The number of carboxylic acid groups (broad SMARTS) is 1. The van der Waals surface area contributed by atoms with Gasteiger partial charge in [0.25, 0.3) is 0 Å². The zero-order chi connectivity index (χ0) is 13.7. The molecular formula is C12H11Cl2NO3. The number of carbonyl (C=O) groups excluding carboxylic acids is 1. The lowest BCUT2D eigenvalue weighted by atomic mass is 10.2. The molecule has 0 aliphatic carbocycles. The number of hydrogen-bond acceptors (Lipinski definition) is 2. The van der Waals surface area contributed by atoms with Gasteiger partial charge in [0.2, 0.25) is 5.91 Å². The van der Waals surface area contributed by atoms with E-state index in [2.05, 4.69) is 5.32 Å². The summed E-state index contributed by atoms with van der Waals surface area (Å²) >= 11 is 11.6. The van der Waals surface area contributed by atoms with Crippen LogP contribution in [0, 0.1) is 0 Å². The molecule has 0 aromatic heterocycles. The van der Waals surface area contributed by atoms with Crippen LogP contribution in [0.1, 0.15) is 12.5 Å². The largest absolute Gasteiger partial charge is 0.480 e. The molecule has 1 rings (SSSR count). The van der Waals surface area contributed by atoms with E-state index in [4.69, 9.17) is 28.3 Å². The minimum Gasteiger partial charge on any atom is -0.480 e. The monoisotopic (exact) mass is 287 g/mol. The van der Waals surface area contributed by atoms with E-state index in [1.165, 1.54) is 19.1 Å². The van der Waals surface area contributed by atoms with E-state index in [1.54, 1.807) is 18.2 Å². The summed E-state index contributed by atoms with van der Waals surface area (Å²) in [6.45, 7) is 1.38. The molecule has 0 fully saturated rings. The van der Waals surface area contributed by atoms with Crippen LogP contribution >= 0.6 is 23.2 Å². The van der Waals surface area contributed by atoms with Crippen LogP contribution in [0.5, 0.6) is 0 Å². The van der Waals surface area contributed by atoms with Crippen molar-refractivity contribution in [1.29, 1.82) is 0 Å². The molecule has 1 unspecified atom stereocenters. The lowest BCUT2D eigenvalue weighted by molar-refractivity contribution is -0.140. The Morgan fingerprint density at radius 3 is 2.61 bits per heavy atom. The number of amides is 1. The minimum absolute atomic E-state index is 0.415. The van der Waals surface area contributed by atoms with Crippen molar-refractivity contribution in [3.05, 3.63) is 39.9 Å². The van der Waals surface area contributed by atoms with Crippen LogP contribution in [-0.2, 0) is 9.59 Å². The third kappa shape index (κ3) is 4.39. The van der Waals surface area contributed by atoms with Gasteiger partial charge in [0.1, 0.15) is 6.04 Å². The van der Waals surface area contributed by atoms with Gasteiger partial charge < -0.3 is 10.4 Å². The zero-order valence-electron chi connectivity index (χ0n) is 9.48. The van der Waals surface area contributed by atoms with Crippen LogP contribution < -0.4 is 5.32 Å². The second-order valence-electron chi connectivity index (χ2n) is 3.57. The first-order valence-electron chi connectivity index (χ1n) is 5.06. The number of carboxylic acids is 1. The summed E-state index contributed by atoms with van der Waals surface area (Å²) in [5.74, 6) is -1.60. The van der Waals surface area contributed by atoms with Crippen molar-refractivity contribution in [3.63, 3.8) is 0 Å². The molecule has 0 heterocycles. The highest BCUT2D eigenvalue weighted by Crippen LogP contribution is 2.21. The van der Waals surface area contributed by atoms with Gasteiger partial charge in [-0.05, 0) is 30.7 Å². The quantitative estimate of drug-likeness (QED) is 0.837. The first-order valence-corrected chi connectivity index (χ1v) is 5.82. The number of nitrogens with one attached hydrogen (secondary N) is 1. The molecule has 96 valence electrons. The Hall–Kier alpha value is -1.52. The average molecular weight is 288 g/mol. The number of hydrogen-bond donors (Lipinski definition) is 2. The standard InChI is InChI=1S/C12H11Cl2NO3/c1-7(12(17)18)15-11(16)5-3-8-2-4-9(13)6-10(8)14/h2-7H,1H3,(H,15,16)(H,17,18)/b5-3+. The predicted molar refractivity (Wildman–Crippen MR) is 70.7 cm³/mol. The van der Waals surface area contributed by atoms with Crippen LogP contribution in [-0.4, -0.2) is 23.0 Å². The number of rotatable bonds is 4. The SMILES string of the molecule is CC(NC(=O)/C=C/c1ccc(Cl)cc1Cl)C(=O)O. The number of benzene rings is 1. The van der Waals surface area contributed by atoms with E-state index < -0.39 is 17.9 Å². The first kappa shape index (κ1) is 14.5. The van der Waals surface area contributed by atoms with E-state index >= 15 is 0 Å². The fraction of sp³-hybridized carbons (Fsp3) is 0.167. The Morgan fingerprint density at radius 2 is 2.06 bits per heavy atom. The number of aliphatic carboxylic acids is 1. The van der Waals surface area contributed by atoms with Crippen molar-refractivity contribution in [2.75, 3.05) is 0 Å². The van der Waals surface area contributed by atoms with Gasteiger partial charge in [-0.2, -0.15) is 0 Å². The molecule has 1 aromatic carbocycles.